The minimum absolute atomic E-state index is 0.0735. The third-order valence-electron chi connectivity index (χ3n) is 9.78. The molecule has 224 valence electrons. The minimum atomic E-state index is -1.73. The Labute approximate surface area is 251 Å². The van der Waals surface area contributed by atoms with Crippen LogP contribution in [0.1, 0.15) is 65.8 Å². The summed E-state index contributed by atoms with van der Waals surface area (Å²) in [6.07, 6.45) is 5.05. The first-order valence-electron chi connectivity index (χ1n) is 14.7. The zero-order valence-corrected chi connectivity index (χ0v) is 29.2. The summed E-state index contributed by atoms with van der Waals surface area (Å²) in [5.41, 5.74) is 0.766. The summed E-state index contributed by atoms with van der Waals surface area (Å²) < 4.78 is 6.26. The van der Waals surface area contributed by atoms with Gasteiger partial charge in [-0.15, -0.1) is 0 Å². The number of aliphatic hydroxyl groups excluding tert-OH is 1. The van der Waals surface area contributed by atoms with Crippen LogP contribution in [0.2, 0.25) is 42.8 Å². The van der Waals surface area contributed by atoms with E-state index in [1.807, 2.05) is 36.4 Å². The smallest absolute Gasteiger partial charge is 0.191 e. The molecule has 0 spiro atoms. The van der Waals surface area contributed by atoms with Crippen LogP contribution in [-0.2, 0) is 15.3 Å². The van der Waals surface area contributed by atoms with Crippen molar-refractivity contribution in [3.8, 4) is 12.1 Å². The maximum absolute atomic E-state index is 9.54. The molecule has 2 aromatic heterocycles. The molecule has 2 heterocycles. The van der Waals surface area contributed by atoms with Gasteiger partial charge in [-0.25, -0.2) is 0 Å². The molecule has 0 aromatic carbocycles. The third-order valence-corrected chi connectivity index (χ3v) is 18.8. The molecule has 2 aromatic rings. The zero-order chi connectivity index (χ0) is 31.3. The molecule has 0 amide bonds. The first-order valence-corrected chi connectivity index (χ1v) is 21.1. The number of aliphatic hydroxyl groups is 1. The van der Waals surface area contributed by atoms with Crippen molar-refractivity contribution in [2.75, 3.05) is 13.2 Å². The maximum atomic E-state index is 9.54. The van der Waals surface area contributed by atoms with E-state index < -0.39 is 27.2 Å². The molecular formula is C33H52N4O2Si2. The first kappa shape index (κ1) is 34.8. The van der Waals surface area contributed by atoms with Crippen molar-refractivity contribution in [2.24, 2.45) is 11.8 Å². The standard InChI is InChI=1S/C16H24N2OSi.C10H10N2O.C7H18Si/c1-15(2,3)20(4,5)19-11-13-10-16(13,12-17)14-8-6-7-9-18-14;11-7-10(5-8(10)6-13)9-3-1-2-4-12-9;1-7(2,3)8(4,5)6/h6-9,13H,10-11H2,1-5H3;1-4,8,13H,5-6H2;1-6H3/t13-,16-;8-,10-;/m11./s1. The number of nitriles is 2. The number of nitrogens with zero attached hydrogens (tertiary/aromatic N) is 4. The Morgan fingerprint density at radius 1 is 0.805 bits per heavy atom. The molecule has 2 fully saturated rings. The average Bonchev–Trinajstić information content (AvgIpc) is 3.81. The summed E-state index contributed by atoms with van der Waals surface area (Å²) in [4.78, 5) is 8.51. The van der Waals surface area contributed by atoms with Gasteiger partial charge in [0.1, 0.15) is 10.8 Å². The van der Waals surface area contributed by atoms with E-state index in [-0.39, 0.29) is 23.5 Å². The zero-order valence-electron chi connectivity index (χ0n) is 27.2. The highest BCUT2D eigenvalue weighted by Gasteiger charge is 2.58. The van der Waals surface area contributed by atoms with Gasteiger partial charge in [-0.3, -0.25) is 9.97 Å². The topological polar surface area (TPSA) is 103 Å². The van der Waals surface area contributed by atoms with Crippen LogP contribution in [0, 0.1) is 34.5 Å². The fourth-order valence-electron chi connectivity index (χ4n) is 3.88. The van der Waals surface area contributed by atoms with E-state index >= 15 is 0 Å². The maximum Gasteiger partial charge on any atom is 0.191 e. The molecule has 0 unspecified atom stereocenters. The number of hydrogen-bond donors (Lipinski definition) is 1. The predicted molar refractivity (Wildman–Crippen MR) is 173 cm³/mol. The number of aromatic nitrogens is 2. The Bertz CT molecular complexity index is 1190. The van der Waals surface area contributed by atoms with Crippen molar-refractivity contribution < 1.29 is 9.53 Å². The van der Waals surface area contributed by atoms with Gasteiger partial charge < -0.3 is 9.53 Å². The SMILES string of the molecule is CC(C)(C)[Si](C)(C)C.CC(C)(C)[Si](C)(C)OC[C@H]1C[C@]1(C#N)c1ccccn1.N#C[C@]1(c2ccccn2)C[C@@H]1CO. The molecule has 1 N–H and O–H groups in total. The molecule has 6 nitrogen and oxygen atoms in total. The number of pyridine rings is 2. The predicted octanol–water partition coefficient (Wildman–Crippen LogP) is 7.86. The normalized spacial score (nSPS) is 25.3. The fraction of sp³-hybridized carbons (Fsp3) is 0.636. The van der Waals surface area contributed by atoms with Crippen LogP contribution in [-0.4, -0.2) is 44.7 Å². The molecule has 41 heavy (non-hydrogen) atoms. The molecule has 2 aliphatic carbocycles. The molecule has 0 radical (unpaired) electrons. The van der Waals surface area contributed by atoms with E-state index in [1.165, 1.54) is 0 Å². The van der Waals surface area contributed by atoms with Crippen molar-refractivity contribution in [2.45, 2.75) is 108 Å². The van der Waals surface area contributed by atoms with E-state index in [4.69, 9.17) is 14.8 Å². The van der Waals surface area contributed by atoms with Crippen molar-refractivity contribution in [3.63, 3.8) is 0 Å². The van der Waals surface area contributed by atoms with Gasteiger partial charge in [-0.05, 0) is 60.3 Å². The van der Waals surface area contributed by atoms with Gasteiger partial charge in [0, 0.05) is 45.5 Å². The first-order chi connectivity index (χ1) is 18.8. The van der Waals surface area contributed by atoms with Crippen LogP contribution in [0.4, 0.5) is 0 Å². The summed E-state index contributed by atoms with van der Waals surface area (Å²) in [5, 5.41) is 28.3. The monoisotopic (exact) mass is 592 g/mol. The fourth-order valence-corrected chi connectivity index (χ4v) is 4.93. The van der Waals surface area contributed by atoms with Gasteiger partial charge in [-0.2, -0.15) is 10.5 Å². The molecular weight excluding hydrogens is 541 g/mol. The molecule has 2 aliphatic rings. The van der Waals surface area contributed by atoms with Crippen molar-refractivity contribution >= 4 is 16.4 Å². The summed E-state index contributed by atoms with van der Waals surface area (Å²) in [5.74, 6) is 0.365. The van der Waals surface area contributed by atoms with E-state index in [0.717, 1.165) is 24.2 Å². The van der Waals surface area contributed by atoms with E-state index in [2.05, 4.69) is 96.4 Å². The van der Waals surface area contributed by atoms with Crippen LogP contribution in [0.15, 0.2) is 48.8 Å². The van der Waals surface area contributed by atoms with Crippen molar-refractivity contribution in [3.05, 3.63) is 60.2 Å². The van der Waals surface area contributed by atoms with Gasteiger partial charge in [0.05, 0.1) is 23.5 Å². The largest absolute Gasteiger partial charge is 0.416 e. The quantitative estimate of drug-likeness (QED) is 0.342. The highest BCUT2D eigenvalue weighted by atomic mass is 28.4. The minimum Gasteiger partial charge on any atom is -0.416 e. The average molecular weight is 593 g/mol. The van der Waals surface area contributed by atoms with E-state index in [1.54, 1.807) is 12.4 Å². The van der Waals surface area contributed by atoms with Crippen LogP contribution in [0.3, 0.4) is 0 Å². The van der Waals surface area contributed by atoms with Gasteiger partial charge >= 0.3 is 0 Å². The number of rotatable bonds is 6. The van der Waals surface area contributed by atoms with Gasteiger partial charge in [0.25, 0.3) is 0 Å². The molecule has 8 heteroatoms. The lowest BCUT2D eigenvalue weighted by Gasteiger charge is -2.36. The van der Waals surface area contributed by atoms with Gasteiger partial charge in [-0.1, -0.05) is 73.3 Å². The van der Waals surface area contributed by atoms with Crippen LogP contribution < -0.4 is 0 Å². The summed E-state index contributed by atoms with van der Waals surface area (Å²) in [6.45, 7) is 26.2. The van der Waals surface area contributed by atoms with E-state index in [0.29, 0.717) is 11.6 Å². The second-order valence-corrected chi connectivity index (χ2v) is 26.0. The Kier molecular flexibility index (Phi) is 10.9. The lowest BCUT2D eigenvalue weighted by Crippen LogP contribution is -2.41. The molecule has 0 saturated heterocycles. The summed E-state index contributed by atoms with van der Waals surface area (Å²) in [7, 11) is -2.59. The summed E-state index contributed by atoms with van der Waals surface area (Å²) >= 11 is 0. The van der Waals surface area contributed by atoms with Crippen LogP contribution in [0.5, 0.6) is 0 Å². The lowest BCUT2D eigenvalue weighted by molar-refractivity contribution is 0.265. The van der Waals surface area contributed by atoms with E-state index in [9.17, 15) is 5.26 Å². The molecule has 4 atom stereocenters. The Hall–Kier alpha value is -2.37. The summed E-state index contributed by atoms with van der Waals surface area (Å²) in [6, 6.07) is 16.0. The second kappa shape index (κ2) is 12.9. The second-order valence-electron chi connectivity index (χ2n) is 15.2. The lowest BCUT2D eigenvalue weighted by atomic mass is 10.0. The third kappa shape index (κ3) is 8.35. The number of hydrogen-bond acceptors (Lipinski definition) is 6. The van der Waals surface area contributed by atoms with Crippen LogP contribution >= 0.6 is 0 Å². The van der Waals surface area contributed by atoms with Crippen LogP contribution in [0.25, 0.3) is 0 Å². The van der Waals surface area contributed by atoms with Gasteiger partial charge in [0.2, 0.25) is 0 Å². The molecule has 2 saturated carbocycles. The van der Waals surface area contributed by atoms with Gasteiger partial charge in [0.15, 0.2) is 8.32 Å². The Morgan fingerprint density at radius 2 is 1.22 bits per heavy atom. The van der Waals surface area contributed by atoms with Crippen molar-refractivity contribution in [1.29, 1.82) is 10.5 Å². The Morgan fingerprint density at radius 3 is 1.51 bits per heavy atom. The molecule has 4 rings (SSSR count). The molecule has 0 aliphatic heterocycles. The Balaban J connectivity index is 0.000000240. The van der Waals surface area contributed by atoms with Crippen molar-refractivity contribution in [1.82, 2.24) is 9.97 Å². The highest BCUT2D eigenvalue weighted by Crippen LogP contribution is 2.54. The highest BCUT2D eigenvalue weighted by molar-refractivity contribution is 6.78. The molecule has 0 bridgehead atoms.